The van der Waals surface area contributed by atoms with E-state index in [1.54, 1.807) is 12.1 Å². The first-order valence-corrected chi connectivity index (χ1v) is 10.7. The second kappa shape index (κ2) is 8.89. The van der Waals surface area contributed by atoms with Crippen molar-refractivity contribution >= 4 is 23.4 Å². The average Bonchev–Trinajstić information content (AvgIpc) is 3.00. The number of carbonyl (C=O) groups is 3. The van der Waals surface area contributed by atoms with E-state index in [0.29, 0.717) is 23.2 Å². The Morgan fingerprint density at radius 3 is 2.45 bits per heavy atom. The first-order valence-electron chi connectivity index (χ1n) is 10.7. The van der Waals surface area contributed by atoms with Crippen molar-refractivity contribution in [3.63, 3.8) is 0 Å². The summed E-state index contributed by atoms with van der Waals surface area (Å²) >= 11 is 0. The summed E-state index contributed by atoms with van der Waals surface area (Å²) in [5.74, 6) is -0.907. The maximum Gasteiger partial charge on any atom is 0.261 e. The molecule has 7 heteroatoms. The molecule has 0 saturated carbocycles. The van der Waals surface area contributed by atoms with E-state index in [1.807, 2.05) is 0 Å². The molecule has 3 amide bonds. The second-order valence-electron chi connectivity index (χ2n) is 8.21. The molecule has 0 bridgehead atoms. The number of anilines is 1. The number of aryl methyl sites for hydroxylation is 1. The van der Waals surface area contributed by atoms with E-state index >= 15 is 0 Å². The second-order valence-corrected chi connectivity index (χ2v) is 8.21. The van der Waals surface area contributed by atoms with Crippen LogP contribution < -0.4 is 10.2 Å². The highest BCUT2D eigenvalue weighted by molar-refractivity contribution is 6.21. The van der Waals surface area contributed by atoms with Crippen molar-refractivity contribution in [2.24, 2.45) is 0 Å². The predicted octanol–water partition coefficient (Wildman–Crippen LogP) is 2.16. The van der Waals surface area contributed by atoms with E-state index < -0.39 is 0 Å². The van der Waals surface area contributed by atoms with Gasteiger partial charge in [0.25, 0.3) is 17.7 Å². The Morgan fingerprint density at radius 2 is 1.71 bits per heavy atom. The zero-order chi connectivity index (χ0) is 22.0. The third-order valence-corrected chi connectivity index (χ3v) is 6.03. The van der Waals surface area contributed by atoms with Crippen molar-refractivity contribution in [2.45, 2.75) is 13.3 Å². The molecule has 0 aliphatic carbocycles. The fourth-order valence-electron chi connectivity index (χ4n) is 4.16. The molecule has 1 N–H and O–H groups in total. The van der Waals surface area contributed by atoms with Crippen LogP contribution in [0.1, 0.15) is 43.1 Å². The van der Waals surface area contributed by atoms with Gasteiger partial charge in [0.1, 0.15) is 0 Å². The molecule has 2 aliphatic rings. The molecule has 2 aromatic rings. The molecule has 2 aliphatic heterocycles. The molecular weight excluding hydrogens is 392 g/mol. The largest absolute Gasteiger partial charge is 0.369 e. The monoisotopic (exact) mass is 420 g/mol. The van der Waals surface area contributed by atoms with Crippen LogP contribution in [0.15, 0.2) is 42.5 Å². The molecule has 1 saturated heterocycles. The highest BCUT2D eigenvalue weighted by atomic mass is 16.2. The molecule has 31 heavy (non-hydrogen) atoms. The summed E-state index contributed by atoms with van der Waals surface area (Å²) in [6.45, 7) is 7.66. The lowest BCUT2D eigenvalue weighted by Crippen LogP contribution is -2.47. The fourth-order valence-corrected chi connectivity index (χ4v) is 4.16. The Labute approximate surface area is 182 Å². The van der Waals surface area contributed by atoms with Crippen molar-refractivity contribution in [1.82, 2.24) is 15.1 Å². The van der Waals surface area contributed by atoms with Gasteiger partial charge < -0.3 is 10.2 Å². The van der Waals surface area contributed by atoms with Gasteiger partial charge in [0, 0.05) is 51.0 Å². The molecule has 2 aromatic carbocycles. The normalized spacial score (nSPS) is 16.6. The predicted molar refractivity (Wildman–Crippen MR) is 120 cm³/mol. The molecule has 2 heterocycles. The third-order valence-electron chi connectivity index (χ3n) is 6.03. The van der Waals surface area contributed by atoms with Crippen molar-refractivity contribution in [3.05, 3.63) is 64.7 Å². The summed E-state index contributed by atoms with van der Waals surface area (Å²) < 4.78 is 0. The van der Waals surface area contributed by atoms with Crippen molar-refractivity contribution in [1.29, 1.82) is 0 Å². The zero-order valence-electron chi connectivity index (χ0n) is 18.1. The molecule has 0 spiro atoms. The van der Waals surface area contributed by atoms with Crippen LogP contribution >= 0.6 is 0 Å². The van der Waals surface area contributed by atoms with Gasteiger partial charge in [-0.2, -0.15) is 0 Å². The molecule has 0 radical (unpaired) electrons. The number of hydrogen-bond acceptors (Lipinski definition) is 5. The lowest BCUT2D eigenvalue weighted by Gasteiger charge is -2.36. The zero-order valence-corrected chi connectivity index (χ0v) is 18.1. The van der Waals surface area contributed by atoms with E-state index in [9.17, 15) is 14.4 Å². The standard InChI is InChI=1S/C24H28N4O3/c1-17-5-3-6-19(15-17)28-13-11-27(12-14-28)10-4-9-25-22(29)18-7-8-20-21(16-18)24(31)26(2)23(20)30/h3,5-8,15-16H,4,9-14H2,1-2H3,(H,25,29). The summed E-state index contributed by atoms with van der Waals surface area (Å²) in [5, 5.41) is 2.92. The van der Waals surface area contributed by atoms with Gasteiger partial charge in [-0.1, -0.05) is 12.1 Å². The van der Waals surface area contributed by atoms with Crippen LogP contribution in [0.25, 0.3) is 0 Å². The number of carbonyl (C=O) groups excluding carboxylic acids is 3. The van der Waals surface area contributed by atoms with Gasteiger partial charge in [-0.15, -0.1) is 0 Å². The number of piperazine rings is 1. The lowest BCUT2D eigenvalue weighted by molar-refractivity contribution is 0.0693. The van der Waals surface area contributed by atoms with E-state index in [-0.39, 0.29) is 17.7 Å². The molecule has 4 rings (SSSR count). The molecule has 0 aromatic heterocycles. The van der Waals surface area contributed by atoms with Crippen LogP contribution in [0.4, 0.5) is 5.69 Å². The maximum absolute atomic E-state index is 12.5. The third kappa shape index (κ3) is 4.46. The number of hydrogen-bond donors (Lipinski definition) is 1. The number of rotatable bonds is 6. The topological polar surface area (TPSA) is 73.0 Å². The Balaban J connectivity index is 1.21. The molecule has 162 valence electrons. The summed E-state index contributed by atoms with van der Waals surface area (Å²) in [5.41, 5.74) is 3.62. The van der Waals surface area contributed by atoms with E-state index in [1.165, 1.54) is 24.4 Å². The first kappa shape index (κ1) is 21.1. The quantitative estimate of drug-likeness (QED) is 0.573. The van der Waals surface area contributed by atoms with Crippen molar-refractivity contribution < 1.29 is 14.4 Å². The molecular formula is C24H28N4O3. The number of imide groups is 1. The minimum absolute atomic E-state index is 0.220. The number of fused-ring (bicyclic) bond motifs is 1. The highest BCUT2D eigenvalue weighted by Crippen LogP contribution is 2.22. The summed E-state index contributed by atoms with van der Waals surface area (Å²) in [6, 6.07) is 13.3. The van der Waals surface area contributed by atoms with Gasteiger partial charge in [-0.05, 0) is 55.8 Å². The van der Waals surface area contributed by atoms with Crippen molar-refractivity contribution in [2.75, 3.05) is 51.2 Å². The SMILES string of the molecule is Cc1cccc(N2CCN(CCCNC(=O)c3ccc4c(c3)C(=O)N(C)C4=O)CC2)c1. The van der Waals surface area contributed by atoms with Crippen LogP contribution in [0, 0.1) is 6.92 Å². The van der Waals surface area contributed by atoms with E-state index in [0.717, 1.165) is 44.0 Å². The van der Waals surface area contributed by atoms with Crippen molar-refractivity contribution in [3.8, 4) is 0 Å². The molecule has 0 unspecified atom stereocenters. The summed E-state index contributed by atoms with van der Waals surface area (Å²) in [7, 11) is 1.45. The Bertz CT molecular complexity index is 1010. The minimum Gasteiger partial charge on any atom is -0.369 e. The summed E-state index contributed by atoms with van der Waals surface area (Å²) in [6.07, 6.45) is 0.862. The minimum atomic E-state index is -0.362. The Morgan fingerprint density at radius 1 is 0.968 bits per heavy atom. The molecule has 1 fully saturated rings. The first-order chi connectivity index (χ1) is 14.9. The lowest BCUT2D eigenvalue weighted by atomic mass is 10.1. The van der Waals surface area contributed by atoms with Crippen LogP contribution in [0.3, 0.4) is 0 Å². The maximum atomic E-state index is 12.5. The number of nitrogens with one attached hydrogen (secondary N) is 1. The number of nitrogens with zero attached hydrogens (tertiary/aromatic N) is 3. The van der Waals surface area contributed by atoms with Gasteiger partial charge in [0.05, 0.1) is 11.1 Å². The van der Waals surface area contributed by atoms with Gasteiger partial charge >= 0.3 is 0 Å². The average molecular weight is 421 g/mol. The van der Waals surface area contributed by atoms with Crippen LogP contribution in [-0.4, -0.2) is 73.8 Å². The van der Waals surface area contributed by atoms with Crippen LogP contribution in [-0.2, 0) is 0 Å². The van der Waals surface area contributed by atoms with Crippen LogP contribution in [0.5, 0.6) is 0 Å². The van der Waals surface area contributed by atoms with Gasteiger partial charge in [0.2, 0.25) is 0 Å². The fraction of sp³-hybridized carbons (Fsp3) is 0.375. The van der Waals surface area contributed by atoms with Crippen LogP contribution in [0.2, 0.25) is 0 Å². The summed E-state index contributed by atoms with van der Waals surface area (Å²) in [4.78, 5) is 42.4. The Kier molecular flexibility index (Phi) is 6.04. The highest BCUT2D eigenvalue weighted by Gasteiger charge is 2.33. The van der Waals surface area contributed by atoms with Gasteiger partial charge in [-0.25, -0.2) is 0 Å². The van der Waals surface area contributed by atoms with E-state index in [2.05, 4.69) is 46.3 Å². The smallest absolute Gasteiger partial charge is 0.261 e. The molecule has 7 nitrogen and oxygen atoms in total. The van der Waals surface area contributed by atoms with Gasteiger partial charge in [0.15, 0.2) is 0 Å². The van der Waals surface area contributed by atoms with Gasteiger partial charge in [-0.3, -0.25) is 24.2 Å². The van der Waals surface area contributed by atoms with E-state index in [4.69, 9.17) is 0 Å². The number of amides is 3. The Hall–Kier alpha value is -3.19. The molecule has 0 atom stereocenters. The number of benzene rings is 2.